The van der Waals surface area contributed by atoms with Crippen LogP contribution in [0.15, 0.2) is 12.1 Å². The molecule has 0 aliphatic rings. The van der Waals surface area contributed by atoms with Crippen molar-refractivity contribution in [1.29, 1.82) is 0 Å². The Bertz CT molecular complexity index is 573. The van der Waals surface area contributed by atoms with Crippen LogP contribution in [0.1, 0.15) is 30.5 Å². The highest BCUT2D eigenvalue weighted by Crippen LogP contribution is 2.16. The Kier molecular flexibility index (Phi) is 8.42. The first-order chi connectivity index (χ1) is 11.3. The van der Waals surface area contributed by atoms with Gasteiger partial charge in [0.15, 0.2) is 0 Å². The van der Waals surface area contributed by atoms with Gasteiger partial charge < -0.3 is 15.7 Å². The van der Waals surface area contributed by atoms with Gasteiger partial charge in [-0.25, -0.2) is 0 Å². The molecule has 2 amide bonds. The van der Waals surface area contributed by atoms with E-state index in [1.54, 1.807) is 11.3 Å². The molecule has 134 valence electrons. The largest absolute Gasteiger partial charge is 0.480 e. The van der Waals surface area contributed by atoms with Crippen molar-refractivity contribution in [2.45, 2.75) is 39.8 Å². The van der Waals surface area contributed by atoms with Crippen LogP contribution in [-0.4, -0.2) is 53.5 Å². The zero-order valence-corrected chi connectivity index (χ0v) is 15.1. The molecule has 0 aliphatic heterocycles. The molecule has 1 atom stereocenters. The number of rotatable bonds is 10. The number of carbonyl (C=O) groups is 3. The van der Waals surface area contributed by atoms with Crippen molar-refractivity contribution in [3.05, 3.63) is 21.9 Å². The van der Waals surface area contributed by atoms with E-state index in [0.29, 0.717) is 19.6 Å². The summed E-state index contributed by atoms with van der Waals surface area (Å²) in [4.78, 5) is 38.0. The van der Waals surface area contributed by atoms with Gasteiger partial charge in [0.1, 0.15) is 6.04 Å². The lowest BCUT2D eigenvalue weighted by atomic mass is 10.2. The van der Waals surface area contributed by atoms with Gasteiger partial charge in [0.2, 0.25) is 11.8 Å². The molecule has 0 spiro atoms. The summed E-state index contributed by atoms with van der Waals surface area (Å²) in [6, 6.07) is 3.22. The minimum atomic E-state index is -1.00. The van der Waals surface area contributed by atoms with E-state index in [1.807, 2.05) is 12.1 Å². The molecule has 0 radical (unpaired) electrons. The molecule has 1 unspecified atom stereocenters. The first-order valence-electron chi connectivity index (χ1n) is 7.89. The van der Waals surface area contributed by atoms with Crippen molar-refractivity contribution in [3.8, 4) is 0 Å². The number of carbonyl (C=O) groups excluding carboxylic acids is 2. The van der Waals surface area contributed by atoms with Crippen LogP contribution >= 0.6 is 11.3 Å². The van der Waals surface area contributed by atoms with E-state index in [1.165, 1.54) is 23.6 Å². The van der Waals surface area contributed by atoms with Gasteiger partial charge in [-0.15, -0.1) is 11.3 Å². The molecular formula is C16H25N3O4S. The third kappa shape index (κ3) is 7.10. The van der Waals surface area contributed by atoms with Crippen molar-refractivity contribution in [2.24, 2.45) is 0 Å². The number of carboxylic acid groups (broad SMARTS) is 1. The van der Waals surface area contributed by atoms with Crippen LogP contribution in [0, 0.1) is 0 Å². The minimum Gasteiger partial charge on any atom is -0.480 e. The summed E-state index contributed by atoms with van der Waals surface area (Å²) in [5, 5.41) is 14.6. The van der Waals surface area contributed by atoms with E-state index in [9.17, 15) is 14.4 Å². The minimum absolute atomic E-state index is 0.0287. The molecule has 1 aromatic heterocycles. The van der Waals surface area contributed by atoms with Gasteiger partial charge in [-0.1, -0.05) is 6.92 Å². The van der Waals surface area contributed by atoms with E-state index >= 15 is 0 Å². The van der Waals surface area contributed by atoms with Crippen LogP contribution in [-0.2, 0) is 27.3 Å². The van der Waals surface area contributed by atoms with Gasteiger partial charge in [-0.2, -0.15) is 0 Å². The zero-order valence-electron chi connectivity index (χ0n) is 14.3. The molecule has 1 rings (SSSR count). The molecule has 7 nitrogen and oxygen atoms in total. The summed E-state index contributed by atoms with van der Waals surface area (Å²) in [6.45, 7) is 5.99. The molecule has 0 saturated heterocycles. The van der Waals surface area contributed by atoms with Gasteiger partial charge in [0.25, 0.3) is 0 Å². The summed E-state index contributed by atoms with van der Waals surface area (Å²) in [5.41, 5.74) is 0. The summed E-state index contributed by atoms with van der Waals surface area (Å²) in [6.07, 6.45) is 0.964. The quantitative estimate of drug-likeness (QED) is 0.578. The third-order valence-electron chi connectivity index (χ3n) is 3.55. The van der Waals surface area contributed by atoms with Crippen molar-refractivity contribution in [1.82, 2.24) is 15.5 Å². The molecule has 0 fully saturated rings. The maximum atomic E-state index is 12.1. The smallest absolute Gasteiger partial charge is 0.320 e. The average molecular weight is 355 g/mol. The standard InChI is InChI=1S/C16H25N3O4S/c1-4-13-5-6-14(24-13)9-18-15(21)10-19(11(2)16(22)23)8-7-17-12(3)20/h5-6,11H,4,7-10H2,1-3H3,(H,17,20)(H,18,21)(H,22,23). The van der Waals surface area contributed by atoms with Crippen LogP contribution in [0.3, 0.4) is 0 Å². The number of hydrogen-bond donors (Lipinski definition) is 3. The van der Waals surface area contributed by atoms with Crippen LogP contribution in [0.25, 0.3) is 0 Å². The summed E-state index contributed by atoms with van der Waals surface area (Å²) in [7, 11) is 0. The predicted molar refractivity (Wildman–Crippen MR) is 92.9 cm³/mol. The highest BCUT2D eigenvalue weighted by molar-refractivity contribution is 7.11. The maximum absolute atomic E-state index is 12.1. The molecule has 0 aromatic carbocycles. The zero-order chi connectivity index (χ0) is 18.1. The number of aliphatic carboxylic acids is 1. The molecule has 24 heavy (non-hydrogen) atoms. The number of aryl methyl sites for hydroxylation is 1. The predicted octanol–water partition coefficient (Wildman–Crippen LogP) is 0.838. The van der Waals surface area contributed by atoms with E-state index < -0.39 is 12.0 Å². The average Bonchev–Trinajstić information content (AvgIpc) is 2.99. The topological polar surface area (TPSA) is 98.7 Å². The van der Waals surface area contributed by atoms with E-state index in [4.69, 9.17) is 5.11 Å². The van der Waals surface area contributed by atoms with Crippen molar-refractivity contribution >= 4 is 29.1 Å². The Morgan fingerprint density at radius 1 is 1.25 bits per heavy atom. The second-order valence-corrected chi connectivity index (χ2v) is 6.72. The lowest BCUT2D eigenvalue weighted by Gasteiger charge is -2.25. The molecule has 0 aliphatic carbocycles. The fraction of sp³-hybridized carbons (Fsp3) is 0.562. The fourth-order valence-electron chi connectivity index (χ4n) is 2.07. The van der Waals surface area contributed by atoms with Crippen LogP contribution in [0.2, 0.25) is 0 Å². The summed E-state index contributed by atoms with van der Waals surface area (Å²) in [5.74, 6) is -1.43. The third-order valence-corrected chi connectivity index (χ3v) is 4.78. The second-order valence-electron chi connectivity index (χ2n) is 5.47. The van der Waals surface area contributed by atoms with Crippen LogP contribution in [0.5, 0.6) is 0 Å². The Labute approximate surface area is 146 Å². The first kappa shape index (κ1) is 20.1. The van der Waals surface area contributed by atoms with E-state index in [2.05, 4.69) is 17.6 Å². The maximum Gasteiger partial charge on any atom is 0.320 e. The number of nitrogens with one attached hydrogen (secondary N) is 2. The second kappa shape index (κ2) is 10.0. The molecule has 0 saturated carbocycles. The van der Waals surface area contributed by atoms with Gasteiger partial charge in [-0.3, -0.25) is 19.3 Å². The van der Waals surface area contributed by atoms with Crippen molar-refractivity contribution < 1.29 is 19.5 Å². The van der Waals surface area contributed by atoms with Crippen LogP contribution in [0.4, 0.5) is 0 Å². The van der Waals surface area contributed by atoms with Gasteiger partial charge in [0.05, 0.1) is 13.1 Å². The molecule has 1 aromatic rings. The number of thiophene rings is 1. The van der Waals surface area contributed by atoms with Crippen LogP contribution < -0.4 is 10.6 Å². The monoisotopic (exact) mass is 355 g/mol. The Morgan fingerprint density at radius 2 is 1.92 bits per heavy atom. The van der Waals surface area contributed by atoms with E-state index in [-0.39, 0.29) is 18.4 Å². The van der Waals surface area contributed by atoms with Gasteiger partial charge in [0, 0.05) is 29.8 Å². The molecule has 3 N–H and O–H groups in total. The lowest BCUT2D eigenvalue weighted by Crippen LogP contribution is -2.47. The summed E-state index contributed by atoms with van der Waals surface area (Å²) >= 11 is 1.65. The number of carboxylic acids is 1. The molecule has 1 heterocycles. The molecule has 8 heteroatoms. The van der Waals surface area contributed by atoms with Crippen molar-refractivity contribution in [3.63, 3.8) is 0 Å². The lowest BCUT2D eigenvalue weighted by molar-refractivity contribution is -0.143. The number of nitrogens with zero attached hydrogens (tertiary/aromatic N) is 1. The fourth-order valence-corrected chi connectivity index (χ4v) is 2.97. The van der Waals surface area contributed by atoms with E-state index in [0.717, 1.165) is 11.3 Å². The highest BCUT2D eigenvalue weighted by Gasteiger charge is 2.22. The molecule has 0 bridgehead atoms. The number of hydrogen-bond acceptors (Lipinski definition) is 5. The van der Waals surface area contributed by atoms with Gasteiger partial charge >= 0.3 is 5.97 Å². The normalized spacial score (nSPS) is 12.0. The van der Waals surface area contributed by atoms with Gasteiger partial charge in [-0.05, 0) is 25.5 Å². The number of amides is 2. The van der Waals surface area contributed by atoms with Crippen molar-refractivity contribution in [2.75, 3.05) is 19.6 Å². The highest BCUT2D eigenvalue weighted by atomic mass is 32.1. The Balaban J connectivity index is 2.52. The molecular weight excluding hydrogens is 330 g/mol. The Hall–Kier alpha value is -1.93. The summed E-state index contributed by atoms with van der Waals surface area (Å²) < 4.78 is 0. The first-order valence-corrected chi connectivity index (χ1v) is 8.70. The SMILES string of the molecule is CCc1ccc(CNC(=O)CN(CCNC(C)=O)C(C)C(=O)O)s1. The Morgan fingerprint density at radius 3 is 2.46 bits per heavy atom.